The Bertz CT molecular complexity index is 760. The van der Waals surface area contributed by atoms with Gasteiger partial charge >= 0.3 is 0 Å². The minimum absolute atomic E-state index is 0.0597. The van der Waals surface area contributed by atoms with Crippen LogP contribution in [0.5, 0.6) is 5.75 Å². The van der Waals surface area contributed by atoms with Crippen LogP contribution in [0.4, 0.5) is 4.39 Å². The fourth-order valence-electron chi connectivity index (χ4n) is 5.20. The lowest BCUT2D eigenvalue weighted by atomic mass is 9.51. The highest BCUT2D eigenvalue weighted by atomic mass is 19.1. The Morgan fingerprint density at radius 3 is 2.26 bits per heavy atom. The van der Waals surface area contributed by atoms with Crippen LogP contribution in [0.25, 0.3) is 0 Å². The van der Waals surface area contributed by atoms with Crippen molar-refractivity contribution in [3.05, 3.63) is 41.7 Å². The lowest BCUT2D eigenvalue weighted by Gasteiger charge is -2.53. The van der Waals surface area contributed by atoms with Crippen LogP contribution < -0.4 is 10.1 Å². The predicted octanol–water partition coefficient (Wildman–Crippen LogP) is 5.71. The zero-order chi connectivity index (χ0) is 22.5. The van der Waals surface area contributed by atoms with Crippen LogP contribution in [0.2, 0.25) is 0 Å². The van der Waals surface area contributed by atoms with Crippen LogP contribution in [0, 0.1) is 10.8 Å². The molecule has 3 fully saturated rings. The van der Waals surface area contributed by atoms with E-state index in [1.807, 2.05) is 19.1 Å². The summed E-state index contributed by atoms with van der Waals surface area (Å²) in [5.41, 5.74) is 1.90. The maximum atomic E-state index is 13.1. The van der Waals surface area contributed by atoms with Crippen molar-refractivity contribution < 1.29 is 18.7 Å². The lowest BCUT2D eigenvalue weighted by Crippen LogP contribution is -2.53. The Morgan fingerprint density at radius 2 is 1.74 bits per heavy atom. The highest BCUT2D eigenvalue weighted by Crippen LogP contribution is 2.58. The van der Waals surface area contributed by atoms with E-state index in [1.54, 1.807) is 7.11 Å². The van der Waals surface area contributed by atoms with Crippen molar-refractivity contribution in [1.82, 2.24) is 5.32 Å². The molecule has 0 heterocycles. The number of hydrogen-bond donors (Lipinski definition) is 1. The lowest BCUT2D eigenvalue weighted by molar-refractivity contribution is -0.138. The second kappa shape index (κ2) is 9.72. The Balaban J connectivity index is 1.58. The van der Waals surface area contributed by atoms with Gasteiger partial charge in [0.2, 0.25) is 5.91 Å². The number of amides is 1. The van der Waals surface area contributed by atoms with Crippen LogP contribution in [0.15, 0.2) is 36.2 Å². The van der Waals surface area contributed by atoms with E-state index in [0.717, 1.165) is 44.3 Å². The van der Waals surface area contributed by atoms with Crippen molar-refractivity contribution in [2.75, 3.05) is 26.9 Å². The van der Waals surface area contributed by atoms with E-state index in [9.17, 15) is 9.18 Å². The number of hydrogen-bond acceptors (Lipinski definition) is 3. The Kier molecular flexibility index (Phi) is 7.46. The van der Waals surface area contributed by atoms with Crippen LogP contribution in [0.1, 0.15) is 71.3 Å². The van der Waals surface area contributed by atoms with E-state index in [4.69, 9.17) is 9.47 Å². The molecular formula is C26H38FNO3. The molecule has 0 saturated heterocycles. The van der Waals surface area contributed by atoms with E-state index >= 15 is 0 Å². The highest BCUT2D eigenvalue weighted by Gasteiger charge is 2.52. The van der Waals surface area contributed by atoms with E-state index in [2.05, 4.69) is 31.3 Å². The SMILES string of the molecule is CC/C(=C\F)COc1ccc(C23CCC(C(=O)NCC(C)(C)COC)(CC2)CC3)cc1. The van der Waals surface area contributed by atoms with Crippen molar-refractivity contribution in [2.24, 2.45) is 10.8 Å². The molecule has 0 unspecified atom stereocenters. The first kappa shape index (κ1) is 23.8. The van der Waals surface area contributed by atoms with Gasteiger partial charge < -0.3 is 14.8 Å². The van der Waals surface area contributed by atoms with Gasteiger partial charge in [-0.1, -0.05) is 32.9 Å². The number of carbonyl (C=O) groups is 1. The third-order valence-corrected chi connectivity index (χ3v) is 7.49. The van der Waals surface area contributed by atoms with Crippen LogP contribution in [-0.4, -0.2) is 32.8 Å². The fourth-order valence-corrected chi connectivity index (χ4v) is 5.20. The van der Waals surface area contributed by atoms with Crippen molar-refractivity contribution in [3.63, 3.8) is 0 Å². The molecule has 0 aromatic heterocycles. The summed E-state index contributed by atoms with van der Waals surface area (Å²) in [6, 6.07) is 8.31. The molecule has 1 amide bonds. The minimum atomic E-state index is -0.205. The van der Waals surface area contributed by atoms with Crippen LogP contribution >= 0.6 is 0 Å². The second-order valence-corrected chi connectivity index (χ2v) is 10.3. The molecule has 172 valence electrons. The van der Waals surface area contributed by atoms with Gasteiger partial charge in [0, 0.05) is 24.5 Å². The van der Waals surface area contributed by atoms with Crippen molar-refractivity contribution in [1.29, 1.82) is 0 Å². The van der Waals surface area contributed by atoms with Crippen LogP contribution in [0.3, 0.4) is 0 Å². The van der Waals surface area contributed by atoms with Crippen molar-refractivity contribution in [3.8, 4) is 5.75 Å². The Hall–Kier alpha value is -1.88. The summed E-state index contributed by atoms with van der Waals surface area (Å²) in [7, 11) is 1.70. The average molecular weight is 432 g/mol. The number of benzene rings is 1. The van der Waals surface area contributed by atoms with Gasteiger partial charge in [-0.3, -0.25) is 4.79 Å². The van der Waals surface area contributed by atoms with E-state index in [0.29, 0.717) is 31.5 Å². The van der Waals surface area contributed by atoms with Gasteiger partial charge in [0.1, 0.15) is 12.4 Å². The minimum Gasteiger partial charge on any atom is -0.489 e. The van der Waals surface area contributed by atoms with Gasteiger partial charge in [-0.05, 0) is 73.6 Å². The summed E-state index contributed by atoms with van der Waals surface area (Å²) < 4.78 is 23.7. The van der Waals surface area contributed by atoms with Gasteiger partial charge in [0.15, 0.2) is 0 Å². The molecule has 4 rings (SSSR count). The number of rotatable bonds is 10. The monoisotopic (exact) mass is 431 g/mol. The van der Waals surface area contributed by atoms with Crippen molar-refractivity contribution >= 4 is 5.91 Å². The second-order valence-electron chi connectivity index (χ2n) is 10.3. The van der Waals surface area contributed by atoms with Gasteiger partial charge in [-0.2, -0.15) is 0 Å². The maximum Gasteiger partial charge on any atom is 0.226 e. The predicted molar refractivity (Wildman–Crippen MR) is 122 cm³/mol. The molecule has 31 heavy (non-hydrogen) atoms. The standard InChI is InChI=1S/C26H38FNO3/c1-5-20(16-27)17-31-22-8-6-21(7-9-22)25-10-13-26(14-11-25,15-12-25)23(29)28-18-24(2,3)19-30-4/h6-9,16H,5,10-15,17-19H2,1-4H3,(H,28,29)/b20-16+. The molecule has 3 aliphatic rings. The number of halogens is 1. The largest absolute Gasteiger partial charge is 0.489 e. The molecule has 0 atom stereocenters. The summed E-state index contributed by atoms with van der Waals surface area (Å²) >= 11 is 0. The molecule has 4 nitrogen and oxygen atoms in total. The smallest absolute Gasteiger partial charge is 0.226 e. The van der Waals surface area contributed by atoms with Crippen molar-refractivity contribution in [2.45, 2.75) is 71.1 Å². The zero-order valence-corrected chi connectivity index (χ0v) is 19.6. The average Bonchev–Trinajstić information content (AvgIpc) is 2.80. The normalized spacial score (nSPS) is 26.0. The first-order valence-corrected chi connectivity index (χ1v) is 11.6. The molecular weight excluding hydrogens is 393 g/mol. The Labute approximate surface area is 186 Å². The summed E-state index contributed by atoms with van der Waals surface area (Å²) in [5, 5.41) is 3.22. The third kappa shape index (κ3) is 5.31. The van der Waals surface area contributed by atoms with Gasteiger partial charge in [-0.15, -0.1) is 0 Å². The highest BCUT2D eigenvalue weighted by molar-refractivity contribution is 5.83. The zero-order valence-electron chi connectivity index (χ0n) is 19.6. The van der Waals surface area contributed by atoms with Gasteiger partial charge in [0.25, 0.3) is 0 Å². The third-order valence-electron chi connectivity index (χ3n) is 7.49. The molecule has 1 aromatic carbocycles. The molecule has 1 N–H and O–H groups in total. The summed E-state index contributed by atoms with van der Waals surface area (Å²) in [6.07, 6.45) is 7.27. The summed E-state index contributed by atoms with van der Waals surface area (Å²) in [4.78, 5) is 13.1. The van der Waals surface area contributed by atoms with E-state index in [1.165, 1.54) is 5.56 Å². The molecule has 0 spiro atoms. The molecule has 0 aliphatic heterocycles. The molecule has 3 aliphatic carbocycles. The topological polar surface area (TPSA) is 47.6 Å². The quantitative estimate of drug-likeness (QED) is 0.516. The van der Waals surface area contributed by atoms with Gasteiger partial charge in [0.05, 0.1) is 12.9 Å². The Morgan fingerprint density at radius 1 is 1.13 bits per heavy atom. The maximum absolute atomic E-state index is 13.1. The molecule has 3 saturated carbocycles. The fraction of sp³-hybridized carbons (Fsp3) is 0.654. The van der Waals surface area contributed by atoms with Crippen LogP contribution in [-0.2, 0) is 14.9 Å². The number of methoxy groups -OCH3 is 1. The number of ether oxygens (including phenoxy) is 2. The number of carbonyl (C=O) groups excluding carboxylic acids is 1. The van der Waals surface area contributed by atoms with E-state index in [-0.39, 0.29) is 28.8 Å². The first-order chi connectivity index (χ1) is 14.8. The van der Waals surface area contributed by atoms with Gasteiger partial charge in [-0.25, -0.2) is 4.39 Å². The number of nitrogens with one attached hydrogen (secondary N) is 1. The van der Waals surface area contributed by atoms with E-state index < -0.39 is 0 Å². The molecule has 0 radical (unpaired) electrons. The molecule has 2 bridgehead atoms. The molecule has 5 heteroatoms. The summed E-state index contributed by atoms with van der Waals surface area (Å²) in [6.45, 7) is 7.72. The first-order valence-electron chi connectivity index (χ1n) is 11.6. The number of fused-ring (bicyclic) bond motifs is 3. The molecule has 1 aromatic rings. The summed E-state index contributed by atoms with van der Waals surface area (Å²) in [5.74, 6) is 0.994.